The Morgan fingerprint density at radius 2 is 1.65 bits per heavy atom. The van der Waals surface area contributed by atoms with Gasteiger partial charge in [-0.15, -0.1) is 0 Å². The molecule has 0 bridgehead atoms. The van der Waals surface area contributed by atoms with E-state index in [2.05, 4.69) is 0 Å². The molecule has 8 nitrogen and oxygen atoms in total. The summed E-state index contributed by atoms with van der Waals surface area (Å²) >= 11 is 0. The van der Waals surface area contributed by atoms with Crippen molar-refractivity contribution >= 4 is 32.9 Å². The molecule has 1 atom stereocenters. The fourth-order valence-corrected chi connectivity index (χ4v) is 7.17. The second-order valence-electron chi connectivity index (χ2n) is 8.79. The summed E-state index contributed by atoms with van der Waals surface area (Å²) in [5, 5.41) is 0.897. The quantitative estimate of drug-likeness (QED) is 0.419. The van der Waals surface area contributed by atoms with E-state index in [0.717, 1.165) is 16.5 Å². The molecule has 0 fully saturated rings. The first-order valence-electron chi connectivity index (χ1n) is 11.2. The van der Waals surface area contributed by atoms with Crippen LogP contribution in [0.1, 0.15) is 35.7 Å². The number of methoxy groups -OCH3 is 2. The number of hydrogen-bond acceptors (Lipinski definition) is 6. The molecule has 2 aromatic carbocycles. The number of benzene rings is 2. The van der Waals surface area contributed by atoms with Crippen LogP contribution in [0.15, 0.2) is 53.4 Å². The lowest BCUT2D eigenvalue weighted by atomic mass is 9.83. The minimum atomic E-state index is -3.80. The van der Waals surface area contributed by atoms with E-state index in [0.29, 0.717) is 24.2 Å². The summed E-state index contributed by atoms with van der Waals surface area (Å²) in [6.07, 6.45) is 0.795. The predicted octanol–water partition coefficient (Wildman–Crippen LogP) is 3.07. The predicted molar refractivity (Wildman–Crippen MR) is 125 cm³/mol. The van der Waals surface area contributed by atoms with Crippen LogP contribution in [0.5, 0.6) is 0 Å². The average molecular weight is 483 g/mol. The molecule has 3 heterocycles. The van der Waals surface area contributed by atoms with Crippen LogP contribution in [0.3, 0.4) is 0 Å². The van der Waals surface area contributed by atoms with Gasteiger partial charge in [-0.3, -0.25) is 0 Å². The fourth-order valence-electron chi connectivity index (χ4n) is 5.54. The lowest BCUT2D eigenvalue weighted by Crippen LogP contribution is -2.56. The summed E-state index contributed by atoms with van der Waals surface area (Å²) in [7, 11) is -1.32. The zero-order valence-electron chi connectivity index (χ0n) is 19.3. The molecule has 34 heavy (non-hydrogen) atoms. The molecule has 2 aliphatic rings. The van der Waals surface area contributed by atoms with Crippen LogP contribution in [0.4, 0.5) is 0 Å². The van der Waals surface area contributed by atoms with Crippen LogP contribution in [0.25, 0.3) is 10.9 Å². The van der Waals surface area contributed by atoms with Gasteiger partial charge in [-0.2, -0.15) is 4.31 Å². The van der Waals surface area contributed by atoms with E-state index in [1.165, 1.54) is 18.5 Å². The van der Waals surface area contributed by atoms with Crippen molar-refractivity contribution < 1.29 is 27.5 Å². The number of rotatable bonds is 4. The minimum Gasteiger partial charge on any atom is -0.467 e. The van der Waals surface area contributed by atoms with Crippen LogP contribution in [-0.4, -0.2) is 50.0 Å². The van der Waals surface area contributed by atoms with E-state index in [4.69, 9.17) is 9.47 Å². The molecule has 0 N–H and O–H groups in total. The van der Waals surface area contributed by atoms with Gasteiger partial charge in [0.2, 0.25) is 15.6 Å². The van der Waals surface area contributed by atoms with Gasteiger partial charge < -0.3 is 14.0 Å². The minimum absolute atomic E-state index is 0.0576. The summed E-state index contributed by atoms with van der Waals surface area (Å²) < 4.78 is 40.8. The maximum Gasteiger partial charge on any atom is 0.343 e. The van der Waals surface area contributed by atoms with Gasteiger partial charge in [-0.1, -0.05) is 35.9 Å². The Bertz CT molecular complexity index is 1390. The SMILES string of the molecule is COC(=O)C1(C(=O)OC)CCC2c3c(c4ccccc4n31)CCN2S(=O)(=O)c1ccc(C)cc1. The van der Waals surface area contributed by atoms with Gasteiger partial charge >= 0.3 is 11.9 Å². The van der Waals surface area contributed by atoms with E-state index in [1.54, 1.807) is 28.8 Å². The Labute approximate surface area is 198 Å². The maximum atomic E-state index is 13.7. The number of ether oxygens (including phenoxy) is 2. The second-order valence-corrected chi connectivity index (χ2v) is 10.7. The van der Waals surface area contributed by atoms with Crippen LogP contribution >= 0.6 is 0 Å². The molecule has 0 spiro atoms. The van der Waals surface area contributed by atoms with E-state index < -0.39 is 33.5 Å². The van der Waals surface area contributed by atoms with Gasteiger partial charge in [0, 0.05) is 17.6 Å². The number of nitrogens with zero attached hydrogens (tertiary/aromatic N) is 2. The largest absolute Gasteiger partial charge is 0.467 e. The van der Waals surface area contributed by atoms with Crippen LogP contribution in [-0.2, 0) is 41.0 Å². The Hall–Kier alpha value is -3.17. The fraction of sp³-hybridized carbons (Fsp3) is 0.360. The number of aromatic nitrogens is 1. The van der Waals surface area contributed by atoms with Gasteiger partial charge in [0.05, 0.1) is 30.7 Å². The first-order valence-corrected chi connectivity index (χ1v) is 12.6. The molecule has 0 aliphatic carbocycles. The molecule has 1 unspecified atom stereocenters. The third kappa shape index (κ3) is 2.96. The smallest absolute Gasteiger partial charge is 0.343 e. The van der Waals surface area contributed by atoms with Crippen molar-refractivity contribution in [3.63, 3.8) is 0 Å². The highest BCUT2D eigenvalue weighted by atomic mass is 32.2. The van der Waals surface area contributed by atoms with E-state index in [1.807, 2.05) is 31.2 Å². The van der Waals surface area contributed by atoms with Gasteiger partial charge in [-0.05, 0) is 49.9 Å². The number of esters is 2. The normalized spacial score (nSPS) is 19.4. The monoisotopic (exact) mass is 482 g/mol. The molecule has 5 rings (SSSR count). The molecule has 0 saturated heterocycles. The van der Waals surface area contributed by atoms with Crippen LogP contribution < -0.4 is 0 Å². The lowest BCUT2D eigenvalue weighted by molar-refractivity contribution is -0.169. The molecule has 0 radical (unpaired) electrons. The summed E-state index contributed by atoms with van der Waals surface area (Å²) in [5.74, 6) is -1.44. The highest BCUT2D eigenvalue weighted by Gasteiger charge is 2.57. The number of carbonyl (C=O) groups is 2. The number of hydrogen-bond donors (Lipinski definition) is 0. The number of sulfonamides is 1. The lowest BCUT2D eigenvalue weighted by Gasteiger charge is -2.44. The number of aryl methyl sites for hydroxylation is 1. The molecule has 2 aliphatic heterocycles. The molecule has 0 amide bonds. The number of fused-ring (bicyclic) bond motifs is 3. The van der Waals surface area contributed by atoms with Gasteiger partial charge in [0.15, 0.2) is 0 Å². The van der Waals surface area contributed by atoms with E-state index in [9.17, 15) is 18.0 Å². The standard InChI is InChI=1S/C25H26N2O6S/c1-16-8-10-17(11-9-16)34(30,31)26-15-13-19-18-6-4-5-7-20(18)27-22(19)21(26)12-14-25(27,23(28)32-2)24(29)33-3/h4-11,21H,12-15H2,1-3H3. The molecule has 0 saturated carbocycles. The average Bonchev–Trinajstić information content (AvgIpc) is 3.20. The highest BCUT2D eigenvalue weighted by Crippen LogP contribution is 2.50. The molecular formula is C25H26N2O6S. The maximum absolute atomic E-state index is 13.7. The summed E-state index contributed by atoms with van der Waals surface area (Å²) in [4.78, 5) is 26.6. The number of carbonyl (C=O) groups excluding carboxylic acids is 2. The molecule has 9 heteroatoms. The van der Waals surface area contributed by atoms with Crippen molar-refractivity contribution in [3.8, 4) is 0 Å². The van der Waals surface area contributed by atoms with Crippen molar-refractivity contribution in [2.24, 2.45) is 0 Å². The summed E-state index contributed by atoms with van der Waals surface area (Å²) in [6.45, 7) is 2.22. The first-order chi connectivity index (χ1) is 16.3. The Morgan fingerprint density at radius 1 is 1.00 bits per heavy atom. The zero-order valence-corrected chi connectivity index (χ0v) is 20.1. The van der Waals surface area contributed by atoms with Crippen molar-refractivity contribution in [3.05, 3.63) is 65.4 Å². The molecule has 3 aromatic rings. The zero-order chi connectivity index (χ0) is 24.3. The van der Waals surface area contributed by atoms with Gasteiger partial charge in [0.25, 0.3) is 0 Å². The van der Waals surface area contributed by atoms with Gasteiger partial charge in [-0.25, -0.2) is 18.0 Å². The van der Waals surface area contributed by atoms with Crippen molar-refractivity contribution in [2.75, 3.05) is 20.8 Å². The van der Waals surface area contributed by atoms with Crippen molar-refractivity contribution in [1.29, 1.82) is 0 Å². The molecule has 178 valence electrons. The van der Waals surface area contributed by atoms with E-state index in [-0.39, 0.29) is 17.7 Å². The first kappa shape index (κ1) is 22.6. The third-order valence-corrected chi connectivity index (χ3v) is 9.02. The van der Waals surface area contributed by atoms with Crippen LogP contribution in [0.2, 0.25) is 0 Å². The van der Waals surface area contributed by atoms with Crippen molar-refractivity contribution in [2.45, 2.75) is 42.7 Å². The highest BCUT2D eigenvalue weighted by molar-refractivity contribution is 7.89. The third-order valence-electron chi connectivity index (χ3n) is 7.10. The topological polar surface area (TPSA) is 94.9 Å². The second kappa shape index (κ2) is 7.95. The Kier molecular flexibility index (Phi) is 5.29. The summed E-state index contributed by atoms with van der Waals surface area (Å²) in [6, 6.07) is 13.8. The van der Waals surface area contributed by atoms with Crippen LogP contribution in [0, 0.1) is 6.92 Å². The van der Waals surface area contributed by atoms with Gasteiger partial charge in [0.1, 0.15) is 0 Å². The van der Waals surface area contributed by atoms with Crippen molar-refractivity contribution in [1.82, 2.24) is 8.87 Å². The molecular weight excluding hydrogens is 456 g/mol. The molecule has 1 aromatic heterocycles. The summed E-state index contributed by atoms with van der Waals surface area (Å²) in [5.41, 5.74) is 1.54. The Balaban J connectivity index is 1.76. The Morgan fingerprint density at radius 3 is 2.29 bits per heavy atom. The van der Waals surface area contributed by atoms with E-state index >= 15 is 0 Å². The number of para-hydroxylation sites is 1.